The molecule has 0 amide bonds. The zero-order chi connectivity index (χ0) is 8.43. The van der Waals surface area contributed by atoms with E-state index < -0.39 is 0 Å². The van der Waals surface area contributed by atoms with Gasteiger partial charge in [-0.15, -0.1) is 12.4 Å². The lowest BCUT2D eigenvalue weighted by Gasteiger charge is -2.07. The Kier molecular flexibility index (Phi) is 3.90. The molecule has 1 rings (SSSR count). The minimum absolute atomic E-state index is 0. The molecule has 0 fully saturated rings. The Morgan fingerprint density at radius 2 is 1.75 bits per heavy atom. The molecule has 0 aliphatic heterocycles. The molecule has 0 saturated heterocycles. The number of rotatable bonds is 1. The van der Waals surface area contributed by atoms with Gasteiger partial charge in [0, 0.05) is 0 Å². The van der Waals surface area contributed by atoms with Gasteiger partial charge in [0.25, 0.3) is 0 Å². The zero-order valence-corrected chi connectivity index (χ0v) is 8.24. The Labute approximate surface area is 79.4 Å². The summed E-state index contributed by atoms with van der Waals surface area (Å²) < 4.78 is 0. The fraction of sp³-hybridized carbons (Fsp3) is 0.333. The van der Waals surface area contributed by atoms with Gasteiger partial charge in [0.2, 0.25) is 0 Å². The maximum Gasteiger partial charge on any atom is 0.0582 e. The molecule has 68 valence electrons. The average molecular weight is 187 g/mol. The van der Waals surface area contributed by atoms with E-state index >= 15 is 0 Å². The molecule has 0 heterocycles. The zero-order valence-electron chi connectivity index (χ0n) is 7.42. The van der Waals surface area contributed by atoms with Crippen molar-refractivity contribution in [2.24, 2.45) is 0 Å². The maximum absolute atomic E-state index is 5.77. The smallest absolute Gasteiger partial charge is 0.0582 e. The second kappa shape index (κ2) is 4.21. The first kappa shape index (κ1) is 11.1. The average Bonchev–Trinajstić information content (AvgIpc) is 2.01. The van der Waals surface area contributed by atoms with Crippen molar-refractivity contribution in [3.63, 3.8) is 0 Å². The van der Waals surface area contributed by atoms with Crippen LogP contribution in [0.5, 0.6) is 0 Å². The highest BCUT2D eigenvalue weighted by molar-refractivity contribution is 5.85. The predicted molar refractivity (Wildman–Crippen MR) is 56.6 cm³/mol. The second-order valence-electron chi connectivity index (χ2n) is 2.72. The highest BCUT2D eigenvalue weighted by atomic mass is 35.5. The lowest BCUT2D eigenvalue weighted by molar-refractivity contribution is 1.14. The van der Waals surface area contributed by atoms with Crippen molar-refractivity contribution in [1.29, 1.82) is 0 Å². The molecule has 0 spiro atoms. The Bertz CT molecular complexity index is 271. The second-order valence-corrected chi connectivity index (χ2v) is 2.72. The molecule has 3 heteroatoms. The number of nitrogens with two attached hydrogens (primary N) is 2. The van der Waals surface area contributed by atoms with E-state index in [-0.39, 0.29) is 12.4 Å². The standard InChI is InChI=1S/C9H14N2.ClH/c1-3-7-5-4-6(2)8(10)9(7)11;/h4-5H,3,10-11H2,1-2H3;1H. The molecule has 0 saturated carbocycles. The van der Waals surface area contributed by atoms with Gasteiger partial charge in [0.1, 0.15) is 0 Å². The molecule has 12 heavy (non-hydrogen) atoms. The van der Waals surface area contributed by atoms with Gasteiger partial charge in [0.15, 0.2) is 0 Å². The Morgan fingerprint density at radius 3 is 2.25 bits per heavy atom. The van der Waals surface area contributed by atoms with Crippen molar-refractivity contribution in [3.05, 3.63) is 23.3 Å². The Hall–Kier alpha value is -0.890. The Morgan fingerprint density at radius 1 is 1.17 bits per heavy atom. The molecule has 2 nitrogen and oxygen atoms in total. The quantitative estimate of drug-likeness (QED) is 0.661. The largest absolute Gasteiger partial charge is 0.397 e. The third-order valence-corrected chi connectivity index (χ3v) is 1.98. The van der Waals surface area contributed by atoms with Gasteiger partial charge in [-0.3, -0.25) is 0 Å². The van der Waals surface area contributed by atoms with Crippen molar-refractivity contribution in [2.45, 2.75) is 20.3 Å². The van der Waals surface area contributed by atoms with Crippen LogP contribution in [0.1, 0.15) is 18.1 Å². The van der Waals surface area contributed by atoms with E-state index in [0.29, 0.717) is 0 Å². The summed E-state index contributed by atoms with van der Waals surface area (Å²) in [6, 6.07) is 4.03. The Balaban J connectivity index is 0.00000121. The van der Waals surface area contributed by atoms with Crippen molar-refractivity contribution in [3.8, 4) is 0 Å². The number of halogens is 1. The van der Waals surface area contributed by atoms with Crippen LogP contribution in [0.15, 0.2) is 12.1 Å². The van der Waals surface area contributed by atoms with Crippen molar-refractivity contribution in [1.82, 2.24) is 0 Å². The van der Waals surface area contributed by atoms with Crippen LogP contribution in [-0.4, -0.2) is 0 Å². The molecule has 4 N–H and O–H groups in total. The molecule has 0 aliphatic carbocycles. The van der Waals surface area contributed by atoms with Gasteiger partial charge in [-0.2, -0.15) is 0 Å². The van der Waals surface area contributed by atoms with E-state index in [0.717, 1.165) is 28.9 Å². The number of nitrogen functional groups attached to an aromatic ring is 2. The summed E-state index contributed by atoms with van der Waals surface area (Å²) in [6.07, 6.45) is 0.941. The predicted octanol–water partition coefficient (Wildman–Crippen LogP) is 2.14. The van der Waals surface area contributed by atoms with E-state index in [1.807, 2.05) is 19.1 Å². The number of anilines is 2. The molecule has 0 aromatic heterocycles. The van der Waals surface area contributed by atoms with Crippen LogP contribution in [-0.2, 0) is 6.42 Å². The van der Waals surface area contributed by atoms with Crippen LogP contribution in [0, 0.1) is 6.92 Å². The molecule has 0 unspecified atom stereocenters. The van der Waals surface area contributed by atoms with Gasteiger partial charge in [-0.25, -0.2) is 0 Å². The summed E-state index contributed by atoms with van der Waals surface area (Å²) >= 11 is 0. The van der Waals surface area contributed by atoms with Crippen molar-refractivity contribution >= 4 is 23.8 Å². The minimum atomic E-state index is 0. The summed E-state index contributed by atoms with van der Waals surface area (Å²) in [5, 5.41) is 0. The number of hydrogen-bond donors (Lipinski definition) is 2. The summed E-state index contributed by atoms with van der Waals surface area (Å²) in [7, 11) is 0. The third-order valence-electron chi connectivity index (χ3n) is 1.98. The highest BCUT2D eigenvalue weighted by Crippen LogP contribution is 2.23. The first-order chi connectivity index (χ1) is 5.16. The van der Waals surface area contributed by atoms with Gasteiger partial charge in [-0.1, -0.05) is 19.1 Å². The van der Waals surface area contributed by atoms with Crippen molar-refractivity contribution < 1.29 is 0 Å². The van der Waals surface area contributed by atoms with Crippen molar-refractivity contribution in [2.75, 3.05) is 11.5 Å². The molecular weight excluding hydrogens is 172 g/mol. The van der Waals surface area contributed by atoms with Crippen LogP contribution in [0.25, 0.3) is 0 Å². The number of benzene rings is 1. The molecule has 1 aromatic rings. The highest BCUT2D eigenvalue weighted by Gasteiger charge is 2.02. The van der Waals surface area contributed by atoms with Crippen LogP contribution in [0.2, 0.25) is 0 Å². The molecule has 1 aromatic carbocycles. The van der Waals surface area contributed by atoms with Gasteiger partial charge < -0.3 is 11.5 Å². The monoisotopic (exact) mass is 186 g/mol. The summed E-state index contributed by atoms with van der Waals surface area (Å²) in [6.45, 7) is 4.03. The summed E-state index contributed by atoms with van der Waals surface area (Å²) in [5.41, 5.74) is 15.2. The van der Waals surface area contributed by atoms with Gasteiger partial charge >= 0.3 is 0 Å². The number of aryl methyl sites for hydroxylation is 2. The van der Waals surface area contributed by atoms with Crippen LogP contribution < -0.4 is 11.5 Å². The van der Waals surface area contributed by atoms with E-state index in [1.54, 1.807) is 0 Å². The van der Waals surface area contributed by atoms with E-state index in [4.69, 9.17) is 11.5 Å². The van der Waals surface area contributed by atoms with E-state index in [2.05, 4.69) is 6.92 Å². The summed E-state index contributed by atoms with van der Waals surface area (Å²) in [5.74, 6) is 0. The van der Waals surface area contributed by atoms with Gasteiger partial charge in [-0.05, 0) is 24.5 Å². The van der Waals surface area contributed by atoms with Gasteiger partial charge in [0.05, 0.1) is 11.4 Å². The van der Waals surface area contributed by atoms with E-state index in [1.165, 1.54) is 0 Å². The lowest BCUT2D eigenvalue weighted by atomic mass is 10.1. The normalized spacial score (nSPS) is 9.17. The fourth-order valence-electron chi connectivity index (χ4n) is 1.10. The molecule has 0 bridgehead atoms. The molecule has 0 radical (unpaired) electrons. The first-order valence-corrected chi connectivity index (χ1v) is 3.80. The van der Waals surface area contributed by atoms with Crippen LogP contribution in [0.3, 0.4) is 0 Å². The summed E-state index contributed by atoms with van der Waals surface area (Å²) in [4.78, 5) is 0. The van der Waals surface area contributed by atoms with E-state index in [9.17, 15) is 0 Å². The van der Waals surface area contributed by atoms with Crippen LogP contribution >= 0.6 is 12.4 Å². The first-order valence-electron chi connectivity index (χ1n) is 3.80. The lowest BCUT2D eigenvalue weighted by Crippen LogP contribution is -2.00. The minimum Gasteiger partial charge on any atom is -0.397 e. The van der Waals surface area contributed by atoms with Crippen LogP contribution in [0.4, 0.5) is 11.4 Å². The molecule has 0 atom stereocenters. The SMILES string of the molecule is CCc1ccc(C)c(N)c1N.Cl. The molecule has 0 aliphatic rings. The molecular formula is C9H15ClN2. The maximum atomic E-state index is 5.77. The third kappa shape index (κ3) is 1.83. The fourth-order valence-corrected chi connectivity index (χ4v) is 1.10. The topological polar surface area (TPSA) is 52.0 Å². The number of hydrogen-bond acceptors (Lipinski definition) is 2.